The number of hydrogen-bond donors (Lipinski definition) is 1. The lowest BCUT2D eigenvalue weighted by Crippen LogP contribution is -2.06. The summed E-state index contributed by atoms with van der Waals surface area (Å²) in [5, 5.41) is 9.82. The standard InChI is InChI=1S/C29H25ClF2N4O4S/c1-15(31)24-13-36(16(2)34-24)25-8-7-18(19-11-23(32)22(14-37)26(12-19)41(4,38)39)10-21(25)27-28(40-17(3)35-27)20-6-5-9-33-29(20)30/h5-13,15,37H,14H2,1-4H3. The van der Waals surface area contributed by atoms with Gasteiger partial charge in [-0.3, -0.25) is 0 Å². The van der Waals surface area contributed by atoms with E-state index in [0.29, 0.717) is 45.5 Å². The Hall–Kier alpha value is -3.93. The number of aromatic nitrogens is 4. The summed E-state index contributed by atoms with van der Waals surface area (Å²) in [5.41, 5.74) is 2.58. The Labute approximate surface area is 240 Å². The maximum atomic E-state index is 15.0. The van der Waals surface area contributed by atoms with Gasteiger partial charge in [0.15, 0.2) is 21.5 Å². The number of aliphatic hydroxyl groups excluding tert-OH is 1. The van der Waals surface area contributed by atoms with Crippen LogP contribution in [0, 0.1) is 19.7 Å². The molecular formula is C29H25ClF2N4O4S. The van der Waals surface area contributed by atoms with E-state index in [2.05, 4.69) is 15.0 Å². The maximum absolute atomic E-state index is 15.0. The molecule has 0 radical (unpaired) electrons. The summed E-state index contributed by atoms with van der Waals surface area (Å²) in [5.74, 6) is 0.319. The Morgan fingerprint density at radius 3 is 2.49 bits per heavy atom. The molecule has 212 valence electrons. The van der Waals surface area contributed by atoms with Crippen LogP contribution in [-0.4, -0.2) is 39.3 Å². The average molecular weight is 599 g/mol. The van der Waals surface area contributed by atoms with Gasteiger partial charge in [0.05, 0.1) is 28.4 Å². The molecule has 0 spiro atoms. The van der Waals surface area contributed by atoms with Crippen LogP contribution in [0.5, 0.6) is 0 Å². The number of aliphatic hydroxyl groups is 1. The summed E-state index contributed by atoms with van der Waals surface area (Å²) in [6, 6.07) is 11.0. The van der Waals surface area contributed by atoms with E-state index in [-0.39, 0.29) is 26.9 Å². The Kier molecular flexibility index (Phi) is 7.54. The van der Waals surface area contributed by atoms with Crippen molar-refractivity contribution in [3.8, 4) is 39.4 Å². The molecule has 1 unspecified atom stereocenters. The summed E-state index contributed by atoms with van der Waals surface area (Å²) in [7, 11) is -3.86. The molecule has 5 aromatic rings. The first-order chi connectivity index (χ1) is 19.4. The molecular weight excluding hydrogens is 574 g/mol. The highest BCUT2D eigenvalue weighted by Crippen LogP contribution is 2.41. The van der Waals surface area contributed by atoms with Gasteiger partial charge in [0.25, 0.3) is 0 Å². The minimum absolute atomic E-state index is 0.189. The van der Waals surface area contributed by atoms with E-state index in [9.17, 15) is 17.9 Å². The molecule has 1 atom stereocenters. The van der Waals surface area contributed by atoms with Crippen LogP contribution in [-0.2, 0) is 16.4 Å². The molecule has 0 aliphatic heterocycles. The van der Waals surface area contributed by atoms with Crippen LogP contribution in [0.2, 0.25) is 5.15 Å². The maximum Gasteiger partial charge on any atom is 0.192 e. The van der Waals surface area contributed by atoms with Gasteiger partial charge in [0, 0.05) is 36.7 Å². The van der Waals surface area contributed by atoms with Gasteiger partial charge in [-0.1, -0.05) is 17.7 Å². The van der Waals surface area contributed by atoms with Gasteiger partial charge < -0.3 is 14.1 Å². The molecule has 0 aliphatic carbocycles. The predicted molar refractivity (Wildman–Crippen MR) is 151 cm³/mol. The summed E-state index contributed by atoms with van der Waals surface area (Å²) in [6.07, 6.45) is 2.77. The molecule has 0 saturated carbocycles. The normalized spacial score (nSPS) is 12.6. The fourth-order valence-corrected chi connectivity index (χ4v) is 5.81. The van der Waals surface area contributed by atoms with Gasteiger partial charge in [-0.2, -0.15) is 0 Å². The van der Waals surface area contributed by atoms with E-state index in [4.69, 9.17) is 16.0 Å². The fourth-order valence-electron chi connectivity index (χ4n) is 4.66. The second-order valence-electron chi connectivity index (χ2n) is 9.55. The number of imidazole rings is 1. The van der Waals surface area contributed by atoms with Crippen molar-refractivity contribution in [3.05, 3.63) is 88.8 Å². The molecule has 0 aliphatic rings. The topological polar surface area (TPSA) is 111 Å². The highest BCUT2D eigenvalue weighted by atomic mass is 35.5. The minimum atomic E-state index is -3.86. The summed E-state index contributed by atoms with van der Waals surface area (Å²) < 4.78 is 61.8. The monoisotopic (exact) mass is 598 g/mol. The number of benzene rings is 2. The highest BCUT2D eigenvalue weighted by Gasteiger charge is 2.24. The van der Waals surface area contributed by atoms with E-state index < -0.39 is 28.4 Å². The molecule has 5 rings (SSSR count). The highest BCUT2D eigenvalue weighted by molar-refractivity contribution is 7.90. The van der Waals surface area contributed by atoms with Crippen molar-refractivity contribution in [2.45, 2.75) is 38.4 Å². The van der Waals surface area contributed by atoms with Gasteiger partial charge >= 0.3 is 0 Å². The zero-order valence-electron chi connectivity index (χ0n) is 22.5. The molecule has 12 heteroatoms. The van der Waals surface area contributed by atoms with E-state index in [1.165, 1.54) is 13.0 Å². The molecule has 3 heterocycles. The first kappa shape index (κ1) is 28.6. The van der Waals surface area contributed by atoms with Crippen molar-refractivity contribution in [3.63, 3.8) is 0 Å². The van der Waals surface area contributed by atoms with Crippen molar-refractivity contribution in [1.29, 1.82) is 0 Å². The zero-order valence-corrected chi connectivity index (χ0v) is 24.1. The molecule has 2 aromatic carbocycles. The van der Waals surface area contributed by atoms with Crippen molar-refractivity contribution in [1.82, 2.24) is 19.5 Å². The quantitative estimate of drug-likeness (QED) is 0.210. The number of aryl methyl sites for hydroxylation is 2. The van der Waals surface area contributed by atoms with E-state index in [1.807, 2.05) is 0 Å². The second kappa shape index (κ2) is 10.8. The number of hydrogen-bond acceptors (Lipinski definition) is 7. The zero-order chi connectivity index (χ0) is 29.6. The van der Waals surface area contributed by atoms with Crippen LogP contribution in [0.25, 0.3) is 39.4 Å². The predicted octanol–water partition coefficient (Wildman–Crippen LogP) is 6.59. The van der Waals surface area contributed by atoms with Gasteiger partial charge in [-0.15, -0.1) is 0 Å². The Morgan fingerprint density at radius 2 is 1.85 bits per heavy atom. The van der Waals surface area contributed by atoms with Crippen LogP contribution in [0.3, 0.4) is 0 Å². The van der Waals surface area contributed by atoms with Crippen LogP contribution in [0.1, 0.15) is 36.1 Å². The van der Waals surface area contributed by atoms with Gasteiger partial charge in [-0.05, 0) is 61.4 Å². The molecule has 0 bridgehead atoms. The van der Waals surface area contributed by atoms with Crippen LogP contribution >= 0.6 is 11.6 Å². The Bertz CT molecular complexity index is 1900. The molecule has 41 heavy (non-hydrogen) atoms. The lowest BCUT2D eigenvalue weighted by Gasteiger charge is -2.15. The van der Waals surface area contributed by atoms with Gasteiger partial charge in [0.2, 0.25) is 0 Å². The molecule has 3 aromatic heterocycles. The van der Waals surface area contributed by atoms with E-state index >= 15 is 4.39 Å². The lowest BCUT2D eigenvalue weighted by molar-refractivity contribution is 0.272. The number of halogens is 3. The molecule has 0 amide bonds. The smallest absolute Gasteiger partial charge is 0.192 e. The van der Waals surface area contributed by atoms with Crippen molar-refractivity contribution in [2.24, 2.45) is 0 Å². The van der Waals surface area contributed by atoms with Gasteiger partial charge in [-0.25, -0.2) is 32.2 Å². The number of rotatable bonds is 7. The van der Waals surface area contributed by atoms with E-state index in [0.717, 1.165) is 12.3 Å². The third-order valence-electron chi connectivity index (χ3n) is 6.60. The SMILES string of the molecule is Cc1nc(-c2cc(-c3cc(F)c(CO)c(S(C)(=O)=O)c3)ccc2-n2cc(C(C)F)nc2C)c(-c2cccnc2Cl)o1. The molecule has 0 saturated heterocycles. The van der Waals surface area contributed by atoms with Crippen LogP contribution < -0.4 is 0 Å². The molecule has 1 N–H and O–H groups in total. The van der Waals surface area contributed by atoms with E-state index in [1.54, 1.807) is 61.1 Å². The summed E-state index contributed by atoms with van der Waals surface area (Å²) in [6.45, 7) is 4.02. The largest absolute Gasteiger partial charge is 0.440 e. The first-order valence-electron chi connectivity index (χ1n) is 12.5. The van der Waals surface area contributed by atoms with Crippen molar-refractivity contribution >= 4 is 21.4 Å². The summed E-state index contributed by atoms with van der Waals surface area (Å²) >= 11 is 6.41. The third-order valence-corrected chi connectivity index (χ3v) is 8.07. The fraction of sp³-hybridized carbons (Fsp3) is 0.207. The lowest BCUT2D eigenvalue weighted by atomic mass is 9.97. The van der Waals surface area contributed by atoms with Gasteiger partial charge in [0.1, 0.15) is 28.7 Å². The Morgan fingerprint density at radius 1 is 1.10 bits per heavy atom. The molecule has 0 fully saturated rings. The first-order valence-corrected chi connectivity index (χ1v) is 14.7. The van der Waals surface area contributed by atoms with Crippen LogP contribution in [0.15, 0.2) is 64.2 Å². The number of oxazole rings is 1. The Balaban J connectivity index is 1.81. The number of alkyl halides is 1. The number of nitrogens with zero attached hydrogens (tertiary/aromatic N) is 4. The second-order valence-corrected chi connectivity index (χ2v) is 11.9. The van der Waals surface area contributed by atoms with Crippen molar-refractivity contribution < 1.29 is 26.7 Å². The molecule has 8 nitrogen and oxygen atoms in total. The number of sulfone groups is 1. The minimum Gasteiger partial charge on any atom is -0.440 e. The summed E-state index contributed by atoms with van der Waals surface area (Å²) in [4.78, 5) is 12.8. The third kappa shape index (κ3) is 5.40. The number of pyridine rings is 1. The average Bonchev–Trinajstić information content (AvgIpc) is 3.50. The van der Waals surface area contributed by atoms with Crippen molar-refractivity contribution in [2.75, 3.05) is 6.26 Å². The van der Waals surface area contributed by atoms with Crippen LogP contribution in [0.4, 0.5) is 8.78 Å².